The number of hydrogen-bond acceptors (Lipinski definition) is 8. The van der Waals surface area contributed by atoms with Crippen LogP contribution in [0.5, 0.6) is 5.75 Å². The lowest BCUT2D eigenvalue weighted by atomic mass is 9.94. The first kappa shape index (κ1) is 25.1. The maximum atomic E-state index is 11.7. The van der Waals surface area contributed by atoms with Crippen LogP contribution in [0.3, 0.4) is 0 Å². The molecule has 180 valence electrons. The van der Waals surface area contributed by atoms with Crippen molar-refractivity contribution in [2.24, 2.45) is 0 Å². The van der Waals surface area contributed by atoms with E-state index in [1.165, 1.54) is 0 Å². The molecule has 0 spiro atoms. The minimum Gasteiger partial charge on any atom is -0.744 e. The Hall–Kier alpha value is -2.53. The molecule has 3 rings (SSSR count). The Labute approximate surface area is 193 Å². The van der Waals surface area contributed by atoms with Crippen LogP contribution in [0, 0.1) is 10.1 Å². The molecule has 0 saturated carbocycles. The second-order valence-corrected chi connectivity index (χ2v) is 9.30. The number of aryl methyl sites for hydroxylation is 2. The van der Waals surface area contributed by atoms with Gasteiger partial charge in [0.05, 0.1) is 29.6 Å². The fraction of sp³-hybridized carbons (Fsp3) is 0.478. The van der Waals surface area contributed by atoms with E-state index >= 15 is 0 Å². The maximum absolute atomic E-state index is 11.7. The molecule has 0 radical (unpaired) electrons. The van der Waals surface area contributed by atoms with E-state index in [4.69, 9.17) is 14.2 Å². The zero-order chi connectivity index (χ0) is 24.2. The van der Waals surface area contributed by atoms with Gasteiger partial charge in [0.2, 0.25) is 0 Å². The minimum absolute atomic E-state index is 0.0558. The summed E-state index contributed by atoms with van der Waals surface area (Å²) in [5.74, 6) is 0.760. The van der Waals surface area contributed by atoms with Crippen LogP contribution in [0.15, 0.2) is 35.2 Å². The van der Waals surface area contributed by atoms with E-state index in [0.717, 1.165) is 66.3 Å². The Morgan fingerprint density at radius 2 is 2.03 bits per heavy atom. The van der Waals surface area contributed by atoms with E-state index in [-0.39, 0.29) is 17.9 Å². The summed E-state index contributed by atoms with van der Waals surface area (Å²) < 4.78 is 52.9. The molecule has 0 fully saturated rings. The van der Waals surface area contributed by atoms with Crippen LogP contribution < -0.4 is 4.74 Å². The van der Waals surface area contributed by atoms with Gasteiger partial charge in [-0.25, -0.2) is 8.42 Å². The summed E-state index contributed by atoms with van der Waals surface area (Å²) in [7, 11) is -3.23. The molecular formula is C23H28NO8S-. The van der Waals surface area contributed by atoms with Gasteiger partial charge < -0.3 is 18.8 Å². The van der Waals surface area contributed by atoms with Crippen molar-refractivity contribution in [2.45, 2.75) is 56.6 Å². The number of nitrogens with zero attached hydrogens (tertiary/aromatic N) is 1. The number of ether oxygens (including phenoxy) is 3. The van der Waals surface area contributed by atoms with E-state index < -0.39 is 32.1 Å². The normalized spacial score (nSPS) is 17.2. The molecule has 0 aromatic heterocycles. The largest absolute Gasteiger partial charge is 0.744 e. The number of rotatable bonds is 9. The average molecular weight is 479 g/mol. The Morgan fingerprint density at radius 3 is 2.67 bits per heavy atom. The minimum atomic E-state index is -4.85. The van der Waals surface area contributed by atoms with Crippen LogP contribution in [0.2, 0.25) is 0 Å². The van der Waals surface area contributed by atoms with Crippen molar-refractivity contribution < 1.29 is 32.1 Å². The number of nitro benzene ring substituents is 1. The summed E-state index contributed by atoms with van der Waals surface area (Å²) >= 11 is 0. The second-order valence-electron chi connectivity index (χ2n) is 7.95. The molecule has 0 saturated heterocycles. The summed E-state index contributed by atoms with van der Waals surface area (Å²) in [5, 5.41) is 11.2. The Morgan fingerprint density at radius 1 is 1.27 bits per heavy atom. The molecular weight excluding hydrogens is 450 g/mol. The molecule has 10 heteroatoms. The number of hydrogen-bond donors (Lipinski definition) is 0. The van der Waals surface area contributed by atoms with Gasteiger partial charge in [-0.05, 0) is 43.4 Å². The van der Waals surface area contributed by atoms with Crippen molar-refractivity contribution in [3.8, 4) is 5.75 Å². The maximum Gasteiger partial charge on any atom is 0.269 e. The van der Waals surface area contributed by atoms with Crippen LogP contribution in [0.25, 0.3) is 0 Å². The number of fused-ring (bicyclic) bond motifs is 1. The van der Waals surface area contributed by atoms with Crippen LogP contribution in [-0.2, 0) is 32.4 Å². The predicted molar refractivity (Wildman–Crippen MR) is 119 cm³/mol. The Bertz CT molecular complexity index is 1120. The Balaban J connectivity index is 1.93. The molecule has 0 aliphatic carbocycles. The highest BCUT2D eigenvalue weighted by molar-refractivity contribution is 7.85. The zero-order valence-corrected chi connectivity index (χ0v) is 19.7. The van der Waals surface area contributed by atoms with Crippen LogP contribution in [-0.4, -0.2) is 38.2 Å². The third-order valence-electron chi connectivity index (χ3n) is 5.73. The molecule has 33 heavy (non-hydrogen) atoms. The molecule has 1 heterocycles. The van der Waals surface area contributed by atoms with E-state index in [1.807, 2.05) is 0 Å². The monoisotopic (exact) mass is 478 g/mol. The lowest BCUT2D eigenvalue weighted by Crippen LogP contribution is -2.17. The van der Waals surface area contributed by atoms with Gasteiger partial charge in [0.25, 0.3) is 5.69 Å². The number of methoxy groups -OCH3 is 1. The summed E-state index contributed by atoms with van der Waals surface area (Å²) in [6, 6.07) is 7.16. The molecule has 9 nitrogen and oxygen atoms in total. The lowest BCUT2D eigenvalue weighted by molar-refractivity contribution is -0.385. The quantitative estimate of drug-likeness (QED) is 0.297. The van der Waals surface area contributed by atoms with Gasteiger partial charge >= 0.3 is 0 Å². The van der Waals surface area contributed by atoms with Gasteiger partial charge in [0.15, 0.2) is 0 Å². The molecule has 2 aromatic carbocycles. The van der Waals surface area contributed by atoms with E-state index in [1.54, 1.807) is 14.0 Å². The molecule has 1 aliphatic heterocycles. The van der Waals surface area contributed by atoms with Crippen molar-refractivity contribution in [1.82, 2.24) is 0 Å². The van der Waals surface area contributed by atoms with Crippen LogP contribution in [0.1, 0.15) is 61.2 Å². The summed E-state index contributed by atoms with van der Waals surface area (Å²) in [5.41, 5.74) is 2.70. The first-order valence-corrected chi connectivity index (χ1v) is 12.2. The SMILES string of the molecule is CCCc1ccc2c(c1OC)C(COC(C)c1cc([N+](=O)[O-])ccc1S(=O)(=O)[O-])OCCC2. The fourth-order valence-electron chi connectivity index (χ4n) is 4.18. The number of nitro groups is 1. The summed E-state index contributed by atoms with van der Waals surface area (Å²) in [6.07, 6.45) is 2.09. The predicted octanol–water partition coefficient (Wildman–Crippen LogP) is 4.24. The first-order chi connectivity index (χ1) is 15.7. The topological polar surface area (TPSA) is 128 Å². The Kier molecular flexibility index (Phi) is 8.06. The van der Waals surface area contributed by atoms with Crippen molar-refractivity contribution in [3.05, 3.63) is 62.7 Å². The molecule has 0 N–H and O–H groups in total. The standard InChI is InChI=1S/C23H29NO8S/c1-4-6-17-9-8-16-7-5-12-31-20(22(16)23(17)30-3)14-32-15(2)19-13-18(24(25)26)10-11-21(19)33(27,28)29/h8-11,13,15,20H,4-7,12,14H2,1-3H3,(H,27,28,29)/p-1. The fourth-order valence-corrected chi connectivity index (χ4v) is 4.93. The first-order valence-electron chi connectivity index (χ1n) is 10.8. The molecule has 2 atom stereocenters. The zero-order valence-electron chi connectivity index (χ0n) is 18.9. The molecule has 0 bridgehead atoms. The smallest absolute Gasteiger partial charge is 0.269 e. The third-order valence-corrected chi connectivity index (χ3v) is 6.64. The second kappa shape index (κ2) is 10.6. The lowest BCUT2D eigenvalue weighted by Gasteiger charge is -2.25. The highest BCUT2D eigenvalue weighted by Crippen LogP contribution is 2.39. The van der Waals surface area contributed by atoms with E-state index in [0.29, 0.717) is 6.61 Å². The summed E-state index contributed by atoms with van der Waals surface area (Å²) in [4.78, 5) is 9.99. The van der Waals surface area contributed by atoms with Crippen molar-refractivity contribution in [1.29, 1.82) is 0 Å². The molecule has 1 aliphatic rings. The number of non-ortho nitro benzene ring substituents is 1. The van der Waals surface area contributed by atoms with Crippen molar-refractivity contribution >= 4 is 15.8 Å². The average Bonchev–Trinajstić information content (AvgIpc) is 2.98. The van der Waals surface area contributed by atoms with Crippen LogP contribution >= 0.6 is 0 Å². The van der Waals surface area contributed by atoms with E-state index in [2.05, 4.69) is 19.1 Å². The van der Waals surface area contributed by atoms with Gasteiger partial charge in [-0.1, -0.05) is 25.5 Å². The van der Waals surface area contributed by atoms with Crippen LogP contribution in [0.4, 0.5) is 5.69 Å². The van der Waals surface area contributed by atoms with E-state index in [9.17, 15) is 23.1 Å². The van der Waals surface area contributed by atoms with Gasteiger partial charge in [-0.15, -0.1) is 0 Å². The molecule has 2 unspecified atom stereocenters. The van der Waals surface area contributed by atoms with Gasteiger partial charge in [-0.2, -0.15) is 0 Å². The number of benzene rings is 2. The van der Waals surface area contributed by atoms with Crippen molar-refractivity contribution in [3.63, 3.8) is 0 Å². The van der Waals surface area contributed by atoms with Gasteiger partial charge in [-0.3, -0.25) is 10.1 Å². The third kappa shape index (κ3) is 5.70. The van der Waals surface area contributed by atoms with Crippen molar-refractivity contribution in [2.75, 3.05) is 20.3 Å². The van der Waals surface area contributed by atoms with Gasteiger partial charge in [0, 0.05) is 29.9 Å². The highest BCUT2D eigenvalue weighted by atomic mass is 32.2. The van der Waals surface area contributed by atoms with Gasteiger partial charge in [0.1, 0.15) is 22.0 Å². The molecule has 2 aromatic rings. The molecule has 0 amide bonds. The summed E-state index contributed by atoms with van der Waals surface area (Å²) in [6.45, 7) is 4.21. The highest BCUT2D eigenvalue weighted by Gasteiger charge is 2.27.